The molecule has 0 saturated carbocycles. The molecule has 0 atom stereocenters. The molecular formula is C23H38N2O3. The highest BCUT2D eigenvalue weighted by Crippen LogP contribution is 2.12. The zero-order chi connectivity index (χ0) is 20.5. The molecule has 158 valence electrons. The van der Waals surface area contributed by atoms with E-state index in [4.69, 9.17) is 4.74 Å². The molecular weight excluding hydrogens is 352 g/mol. The molecule has 2 N–H and O–H groups in total. The third-order valence-electron chi connectivity index (χ3n) is 4.87. The Labute approximate surface area is 170 Å². The predicted octanol–water partition coefficient (Wildman–Crippen LogP) is 5.09. The monoisotopic (exact) mass is 390 g/mol. The Bertz CT molecular complexity index is 543. The number of hydrogen-bond donors (Lipinski definition) is 2. The minimum atomic E-state index is -0.225. The molecule has 0 spiro atoms. The minimum absolute atomic E-state index is 0.126. The first-order valence-electron chi connectivity index (χ1n) is 10.9. The van der Waals surface area contributed by atoms with E-state index in [0.29, 0.717) is 6.42 Å². The van der Waals surface area contributed by atoms with E-state index in [2.05, 4.69) is 17.8 Å². The van der Waals surface area contributed by atoms with E-state index in [9.17, 15) is 9.59 Å². The molecule has 0 heterocycles. The van der Waals surface area contributed by atoms with Crippen molar-refractivity contribution < 1.29 is 14.3 Å². The number of hydrazine groups is 1. The van der Waals surface area contributed by atoms with E-state index in [-0.39, 0.29) is 18.2 Å². The molecule has 0 aromatic heterocycles. The van der Waals surface area contributed by atoms with E-state index in [1.54, 1.807) is 7.11 Å². The van der Waals surface area contributed by atoms with Crippen molar-refractivity contribution in [3.05, 3.63) is 29.8 Å². The molecule has 0 saturated heterocycles. The third kappa shape index (κ3) is 12.4. The van der Waals surface area contributed by atoms with E-state index in [0.717, 1.165) is 24.2 Å². The van der Waals surface area contributed by atoms with Crippen LogP contribution in [0.1, 0.15) is 89.5 Å². The first kappa shape index (κ1) is 24.0. The number of nitrogens with one attached hydrogen (secondary N) is 2. The summed E-state index contributed by atoms with van der Waals surface area (Å²) in [7, 11) is 1.60. The molecule has 0 aliphatic carbocycles. The molecule has 5 heteroatoms. The summed E-state index contributed by atoms with van der Waals surface area (Å²) in [6, 6.07) is 7.30. The van der Waals surface area contributed by atoms with E-state index in [1.165, 1.54) is 57.8 Å². The van der Waals surface area contributed by atoms with Gasteiger partial charge in [0, 0.05) is 6.42 Å². The number of amides is 2. The van der Waals surface area contributed by atoms with Crippen molar-refractivity contribution in [3.8, 4) is 5.75 Å². The van der Waals surface area contributed by atoms with Crippen molar-refractivity contribution in [2.24, 2.45) is 0 Å². The number of hydrogen-bond acceptors (Lipinski definition) is 3. The maximum absolute atomic E-state index is 11.9. The largest absolute Gasteiger partial charge is 0.497 e. The second-order valence-electron chi connectivity index (χ2n) is 7.41. The normalized spacial score (nSPS) is 10.5. The second-order valence-corrected chi connectivity index (χ2v) is 7.41. The SMILES string of the molecule is CCCCCCCCCCCCCC(=O)NNC(=O)Cc1ccc(OC)cc1. The molecule has 0 aliphatic heterocycles. The Kier molecular flexibility index (Phi) is 13.7. The summed E-state index contributed by atoms with van der Waals surface area (Å²) in [6.45, 7) is 2.25. The summed E-state index contributed by atoms with van der Waals surface area (Å²) in [4.78, 5) is 23.7. The average Bonchev–Trinajstić information content (AvgIpc) is 2.71. The van der Waals surface area contributed by atoms with Gasteiger partial charge in [0.05, 0.1) is 13.5 Å². The molecule has 2 amide bonds. The van der Waals surface area contributed by atoms with Crippen molar-refractivity contribution in [2.45, 2.75) is 90.4 Å². The number of benzene rings is 1. The zero-order valence-electron chi connectivity index (χ0n) is 17.7. The summed E-state index contributed by atoms with van der Waals surface area (Å²) >= 11 is 0. The van der Waals surface area contributed by atoms with Crippen molar-refractivity contribution in [2.75, 3.05) is 7.11 Å². The molecule has 0 radical (unpaired) electrons. The molecule has 5 nitrogen and oxygen atoms in total. The molecule has 0 unspecified atom stereocenters. The highest BCUT2D eigenvalue weighted by molar-refractivity contribution is 5.83. The Morgan fingerprint density at radius 1 is 0.750 bits per heavy atom. The van der Waals surface area contributed by atoms with Crippen molar-refractivity contribution in [3.63, 3.8) is 0 Å². The number of carbonyl (C=O) groups excluding carboxylic acids is 2. The highest BCUT2D eigenvalue weighted by Gasteiger charge is 2.06. The van der Waals surface area contributed by atoms with Crippen LogP contribution in [0.4, 0.5) is 0 Å². The van der Waals surface area contributed by atoms with Crippen LogP contribution in [0.5, 0.6) is 5.75 Å². The summed E-state index contributed by atoms with van der Waals surface area (Å²) in [5.41, 5.74) is 5.85. The minimum Gasteiger partial charge on any atom is -0.497 e. The Morgan fingerprint density at radius 2 is 1.25 bits per heavy atom. The van der Waals surface area contributed by atoms with Crippen LogP contribution in [0, 0.1) is 0 Å². The highest BCUT2D eigenvalue weighted by atomic mass is 16.5. The van der Waals surface area contributed by atoms with Gasteiger partial charge < -0.3 is 4.74 Å². The molecule has 28 heavy (non-hydrogen) atoms. The number of ether oxygens (including phenoxy) is 1. The van der Waals surface area contributed by atoms with Crippen LogP contribution in [-0.4, -0.2) is 18.9 Å². The Balaban J connectivity index is 1.96. The number of unbranched alkanes of at least 4 members (excludes halogenated alkanes) is 10. The zero-order valence-corrected chi connectivity index (χ0v) is 17.7. The molecule has 0 aliphatic rings. The quantitative estimate of drug-likeness (QED) is 0.324. The van der Waals surface area contributed by atoms with Crippen LogP contribution in [-0.2, 0) is 16.0 Å². The summed E-state index contributed by atoms with van der Waals surface area (Å²) in [5, 5.41) is 0. The van der Waals surface area contributed by atoms with E-state index < -0.39 is 0 Å². The van der Waals surface area contributed by atoms with Crippen LogP contribution in [0.2, 0.25) is 0 Å². The lowest BCUT2D eigenvalue weighted by atomic mass is 10.1. The number of methoxy groups -OCH3 is 1. The molecule has 1 rings (SSSR count). The first-order chi connectivity index (χ1) is 13.7. The van der Waals surface area contributed by atoms with Crippen molar-refractivity contribution >= 4 is 11.8 Å². The van der Waals surface area contributed by atoms with Gasteiger partial charge in [-0.3, -0.25) is 20.4 Å². The summed E-state index contributed by atoms with van der Waals surface area (Å²) < 4.78 is 5.09. The van der Waals surface area contributed by atoms with Gasteiger partial charge in [0.15, 0.2) is 0 Å². The van der Waals surface area contributed by atoms with E-state index >= 15 is 0 Å². The second kappa shape index (κ2) is 16.0. The fourth-order valence-corrected chi connectivity index (χ4v) is 3.12. The van der Waals surface area contributed by atoms with Gasteiger partial charge in [-0.1, -0.05) is 83.3 Å². The topological polar surface area (TPSA) is 67.4 Å². The summed E-state index contributed by atoms with van der Waals surface area (Å²) in [6.07, 6.45) is 14.5. The third-order valence-corrected chi connectivity index (χ3v) is 4.87. The van der Waals surface area contributed by atoms with Crippen molar-refractivity contribution in [1.82, 2.24) is 10.9 Å². The van der Waals surface area contributed by atoms with Crippen LogP contribution in [0.25, 0.3) is 0 Å². The molecule has 1 aromatic carbocycles. The molecule has 0 fully saturated rings. The lowest BCUT2D eigenvalue weighted by Crippen LogP contribution is -2.42. The lowest BCUT2D eigenvalue weighted by Gasteiger charge is -2.08. The number of rotatable bonds is 15. The maximum Gasteiger partial charge on any atom is 0.242 e. The van der Waals surface area contributed by atoms with Gasteiger partial charge >= 0.3 is 0 Å². The van der Waals surface area contributed by atoms with Gasteiger partial charge in [-0.25, -0.2) is 0 Å². The fraction of sp³-hybridized carbons (Fsp3) is 0.652. The molecule has 1 aromatic rings. The van der Waals surface area contributed by atoms with Crippen LogP contribution in [0.15, 0.2) is 24.3 Å². The standard InChI is InChI=1S/C23H38N2O3/c1-3-4-5-6-7-8-9-10-11-12-13-14-22(26)24-25-23(27)19-20-15-17-21(28-2)18-16-20/h15-18H,3-14,19H2,1-2H3,(H,24,26)(H,25,27). The van der Waals surface area contributed by atoms with Gasteiger partial charge in [0.2, 0.25) is 11.8 Å². The van der Waals surface area contributed by atoms with Gasteiger partial charge in [0.1, 0.15) is 5.75 Å². The van der Waals surface area contributed by atoms with Gasteiger partial charge in [0.25, 0.3) is 0 Å². The van der Waals surface area contributed by atoms with Crippen LogP contribution in [0.3, 0.4) is 0 Å². The van der Waals surface area contributed by atoms with Crippen LogP contribution >= 0.6 is 0 Å². The first-order valence-corrected chi connectivity index (χ1v) is 10.9. The van der Waals surface area contributed by atoms with Crippen LogP contribution < -0.4 is 15.6 Å². The maximum atomic E-state index is 11.9. The fourth-order valence-electron chi connectivity index (χ4n) is 3.12. The van der Waals surface area contributed by atoms with Gasteiger partial charge in [-0.2, -0.15) is 0 Å². The summed E-state index contributed by atoms with van der Waals surface area (Å²) in [5.74, 6) is 0.404. The Hall–Kier alpha value is -2.04. The van der Waals surface area contributed by atoms with Crippen molar-refractivity contribution in [1.29, 1.82) is 0 Å². The van der Waals surface area contributed by atoms with E-state index in [1.807, 2.05) is 24.3 Å². The molecule has 0 bridgehead atoms. The predicted molar refractivity (Wildman–Crippen MR) is 114 cm³/mol. The average molecular weight is 391 g/mol. The Morgan fingerprint density at radius 3 is 1.79 bits per heavy atom. The lowest BCUT2D eigenvalue weighted by molar-refractivity contribution is -0.128. The smallest absolute Gasteiger partial charge is 0.242 e. The van der Waals surface area contributed by atoms with Gasteiger partial charge in [-0.15, -0.1) is 0 Å². The number of carbonyl (C=O) groups is 2. The van der Waals surface area contributed by atoms with Gasteiger partial charge in [-0.05, 0) is 24.1 Å².